The van der Waals surface area contributed by atoms with Crippen molar-refractivity contribution in [1.29, 1.82) is 0 Å². The van der Waals surface area contributed by atoms with E-state index in [9.17, 15) is 13.6 Å². The second kappa shape index (κ2) is 4.50. The van der Waals surface area contributed by atoms with Crippen LogP contribution in [0.15, 0.2) is 36.5 Å². The summed E-state index contributed by atoms with van der Waals surface area (Å²) in [5, 5.41) is 2.79. The van der Waals surface area contributed by atoms with Crippen molar-refractivity contribution in [3.05, 3.63) is 59.4 Å². The molecule has 2 aromatic rings. The second-order valence-electron chi connectivity index (χ2n) is 4.65. The molecule has 1 aliphatic rings. The van der Waals surface area contributed by atoms with Gasteiger partial charge in [-0.25, -0.2) is 8.78 Å². The molecule has 0 saturated heterocycles. The maximum atomic E-state index is 13.6. The minimum absolute atomic E-state index is 0.132. The number of aromatic amines is 1. The van der Waals surface area contributed by atoms with Crippen molar-refractivity contribution in [3.8, 4) is 0 Å². The molecule has 5 heteroatoms. The standard InChI is InChI=1S/C14H12F2N2O/c15-10-4-1-3-8(13(10)16)9-7-12(9)18-14(19)11-5-2-6-17-11/h1-6,9,12,17H,7H2,(H,18,19). The Morgan fingerprint density at radius 2 is 2.11 bits per heavy atom. The number of H-pyrrole nitrogens is 1. The summed E-state index contributed by atoms with van der Waals surface area (Å²) in [5.74, 6) is -2.04. The summed E-state index contributed by atoms with van der Waals surface area (Å²) in [6.45, 7) is 0. The fraction of sp³-hybridized carbons (Fsp3) is 0.214. The van der Waals surface area contributed by atoms with Gasteiger partial charge in [0, 0.05) is 18.2 Å². The van der Waals surface area contributed by atoms with Gasteiger partial charge in [-0.1, -0.05) is 12.1 Å². The average molecular weight is 262 g/mol. The maximum absolute atomic E-state index is 13.6. The van der Waals surface area contributed by atoms with E-state index in [0.717, 1.165) is 6.07 Å². The van der Waals surface area contributed by atoms with E-state index in [1.54, 1.807) is 24.4 Å². The van der Waals surface area contributed by atoms with E-state index >= 15 is 0 Å². The molecule has 0 bridgehead atoms. The normalized spacial score (nSPS) is 21.2. The first-order valence-electron chi connectivity index (χ1n) is 6.05. The van der Waals surface area contributed by atoms with Gasteiger partial charge in [-0.3, -0.25) is 4.79 Å². The molecule has 3 rings (SSSR count). The number of hydrogen-bond acceptors (Lipinski definition) is 1. The SMILES string of the molecule is O=C(NC1CC1c1cccc(F)c1F)c1ccc[nH]1. The minimum Gasteiger partial charge on any atom is -0.357 e. The second-order valence-corrected chi connectivity index (χ2v) is 4.65. The fourth-order valence-electron chi connectivity index (χ4n) is 2.22. The number of rotatable bonds is 3. The lowest BCUT2D eigenvalue weighted by molar-refractivity contribution is 0.0946. The first-order chi connectivity index (χ1) is 9.16. The monoisotopic (exact) mass is 262 g/mol. The molecule has 1 heterocycles. The highest BCUT2D eigenvalue weighted by Crippen LogP contribution is 2.42. The molecule has 19 heavy (non-hydrogen) atoms. The van der Waals surface area contributed by atoms with Gasteiger partial charge < -0.3 is 10.3 Å². The molecule has 1 aromatic heterocycles. The van der Waals surface area contributed by atoms with Crippen molar-refractivity contribution >= 4 is 5.91 Å². The number of benzene rings is 1. The largest absolute Gasteiger partial charge is 0.357 e. The molecule has 0 radical (unpaired) electrons. The van der Waals surface area contributed by atoms with E-state index < -0.39 is 11.6 Å². The van der Waals surface area contributed by atoms with Crippen LogP contribution in [0.25, 0.3) is 0 Å². The van der Waals surface area contributed by atoms with Gasteiger partial charge in [0.05, 0.1) is 0 Å². The zero-order chi connectivity index (χ0) is 13.4. The van der Waals surface area contributed by atoms with Crippen LogP contribution in [0.1, 0.15) is 28.4 Å². The number of hydrogen-bond donors (Lipinski definition) is 2. The number of carbonyl (C=O) groups excluding carboxylic acids is 1. The molecule has 1 aromatic carbocycles. The van der Waals surface area contributed by atoms with Gasteiger partial charge in [-0.15, -0.1) is 0 Å². The van der Waals surface area contributed by atoms with Crippen LogP contribution in [-0.2, 0) is 0 Å². The van der Waals surface area contributed by atoms with Crippen molar-refractivity contribution in [3.63, 3.8) is 0 Å². The molecule has 1 amide bonds. The topological polar surface area (TPSA) is 44.9 Å². The molecule has 2 N–H and O–H groups in total. The van der Waals surface area contributed by atoms with E-state index in [0.29, 0.717) is 17.7 Å². The van der Waals surface area contributed by atoms with E-state index in [1.165, 1.54) is 6.07 Å². The zero-order valence-corrected chi connectivity index (χ0v) is 9.99. The van der Waals surface area contributed by atoms with Gasteiger partial charge in [-0.05, 0) is 30.2 Å². The molecule has 1 saturated carbocycles. The highest BCUT2D eigenvalue weighted by atomic mass is 19.2. The quantitative estimate of drug-likeness (QED) is 0.877. The van der Waals surface area contributed by atoms with Gasteiger partial charge in [0.1, 0.15) is 5.69 Å². The highest BCUT2D eigenvalue weighted by Gasteiger charge is 2.41. The average Bonchev–Trinajstić information content (AvgIpc) is 2.93. The van der Waals surface area contributed by atoms with Crippen LogP contribution in [0.3, 0.4) is 0 Å². The summed E-state index contributed by atoms with van der Waals surface area (Å²) in [7, 11) is 0. The Morgan fingerprint density at radius 1 is 1.26 bits per heavy atom. The molecule has 2 atom stereocenters. The van der Waals surface area contributed by atoms with Crippen LogP contribution in [0.4, 0.5) is 8.78 Å². The Hall–Kier alpha value is -2.17. The molecular weight excluding hydrogens is 250 g/mol. The van der Waals surface area contributed by atoms with Gasteiger partial charge in [0.15, 0.2) is 11.6 Å². The van der Waals surface area contributed by atoms with Crippen molar-refractivity contribution in [2.45, 2.75) is 18.4 Å². The first kappa shape index (κ1) is 11.9. The van der Waals surface area contributed by atoms with Crippen LogP contribution in [0.2, 0.25) is 0 Å². The summed E-state index contributed by atoms with van der Waals surface area (Å²) < 4.78 is 26.7. The Morgan fingerprint density at radius 3 is 2.84 bits per heavy atom. The predicted octanol–water partition coefficient (Wildman–Crippen LogP) is 2.58. The Balaban J connectivity index is 1.68. The minimum atomic E-state index is -0.848. The van der Waals surface area contributed by atoms with E-state index in [1.807, 2.05) is 0 Å². The Bertz CT molecular complexity index is 610. The van der Waals surface area contributed by atoms with Crippen LogP contribution < -0.4 is 5.32 Å². The first-order valence-corrected chi connectivity index (χ1v) is 6.05. The molecule has 1 aliphatic carbocycles. The lowest BCUT2D eigenvalue weighted by Gasteiger charge is -2.05. The summed E-state index contributed by atoms with van der Waals surface area (Å²) in [6, 6.07) is 7.39. The van der Waals surface area contributed by atoms with Crippen LogP contribution in [0, 0.1) is 11.6 Å². The molecule has 3 nitrogen and oxygen atoms in total. The summed E-state index contributed by atoms with van der Waals surface area (Å²) in [4.78, 5) is 14.6. The van der Waals surface area contributed by atoms with E-state index in [2.05, 4.69) is 10.3 Å². The van der Waals surface area contributed by atoms with Crippen LogP contribution in [0.5, 0.6) is 0 Å². The lowest BCUT2D eigenvalue weighted by atomic mass is 10.1. The maximum Gasteiger partial charge on any atom is 0.267 e. The van der Waals surface area contributed by atoms with Crippen molar-refractivity contribution in [2.75, 3.05) is 0 Å². The highest BCUT2D eigenvalue weighted by molar-refractivity contribution is 5.92. The Kier molecular flexibility index (Phi) is 2.81. The number of nitrogens with one attached hydrogen (secondary N) is 2. The molecule has 98 valence electrons. The van der Waals surface area contributed by atoms with Gasteiger partial charge in [0.2, 0.25) is 0 Å². The number of carbonyl (C=O) groups is 1. The smallest absolute Gasteiger partial charge is 0.267 e. The van der Waals surface area contributed by atoms with E-state index in [4.69, 9.17) is 0 Å². The van der Waals surface area contributed by atoms with Crippen molar-refractivity contribution in [1.82, 2.24) is 10.3 Å². The Labute approximate surface area is 108 Å². The number of amides is 1. The molecule has 0 spiro atoms. The summed E-state index contributed by atoms with van der Waals surface area (Å²) in [6.07, 6.45) is 2.29. The molecular formula is C14H12F2N2O. The van der Waals surface area contributed by atoms with Crippen LogP contribution in [-0.4, -0.2) is 16.9 Å². The number of halogens is 2. The van der Waals surface area contributed by atoms with Gasteiger partial charge in [0.25, 0.3) is 5.91 Å². The van der Waals surface area contributed by atoms with Gasteiger partial charge in [-0.2, -0.15) is 0 Å². The summed E-state index contributed by atoms with van der Waals surface area (Å²) in [5.41, 5.74) is 0.794. The number of aromatic nitrogens is 1. The molecule has 0 aliphatic heterocycles. The zero-order valence-electron chi connectivity index (χ0n) is 9.99. The van der Waals surface area contributed by atoms with Gasteiger partial charge >= 0.3 is 0 Å². The third-order valence-electron chi connectivity index (χ3n) is 3.33. The summed E-state index contributed by atoms with van der Waals surface area (Å²) >= 11 is 0. The molecule has 1 fully saturated rings. The van der Waals surface area contributed by atoms with Crippen molar-refractivity contribution in [2.24, 2.45) is 0 Å². The fourth-order valence-corrected chi connectivity index (χ4v) is 2.22. The third-order valence-corrected chi connectivity index (χ3v) is 3.33. The lowest BCUT2D eigenvalue weighted by Crippen LogP contribution is -2.26. The van der Waals surface area contributed by atoms with Crippen LogP contribution >= 0.6 is 0 Å². The van der Waals surface area contributed by atoms with E-state index in [-0.39, 0.29) is 17.9 Å². The third kappa shape index (κ3) is 2.23. The predicted molar refractivity (Wildman–Crippen MR) is 65.8 cm³/mol. The molecule has 2 unspecified atom stereocenters. The van der Waals surface area contributed by atoms with Crippen molar-refractivity contribution < 1.29 is 13.6 Å².